The van der Waals surface area contributed by atoms with E-state index in [4.69, 9.17) is 4.74 Å². The molecule has 0 radical (unpaired) electrons. The second-order valence-electron chi connectivity index (χ2n) is 5.16. The Hall–Kier alpha value is -2.06. The number of aromatic nitrogens is 3. The van der Waals surface area contributed by atoms with Crippen molar-refractivity contribution >= 4 is 23.3 Å². The van der Waals surface area contributed by atoms with Gasteiger partial charge in [0.05, 0.1) is 12.3 Å². The van der Waals surface area contributed by atoms with Crippen LogP contribution in [0, 0.1) is 6.92 Å². The molecule has 0 amide bonds. The Balaban J connectivity index is 1.79. The monoisotopic (exact) mass is 333 g/mol. The normalized spacial score (nSPS) is 14.8. The van der Waals surface area contributed by atoms with Gasteiger partial charge in [-0.1, -0.05) is 0 Å². The van der Waals surface area contributed by atoms with Gasteiger partial charge in [-0.05, 0) is 13.8 Å². The smallest absolute Gasteiger partial charge is 0.350 e. The molecule has 0 bridgehead atoms. The Kier molecular flexibility index (Phi) is 4.82. The van der Waals surface area contributed by atoms with Crippen LogP contribution in [0.1, 0.15) is 22.3 Å². The first-order valence-corrected chi connectivity index (χ1v) is 8.43. The van der Waals surface area contributed by atoms with E-state index in [0.717, 1.165) is 42.7 Å². The first-order valence-electron chi connectivity index (χ1n) is 7.61. The molecule has 0 atom stereocenters. The summed E-state index contributed by atoms with van der Waals surface area (Å²) in [5.41, 5.74) is 1.49. The van der Waals surface area contributed by atoms with Crippen LogP contribution in [0.4, 0.5) is 5.95 Å². The van der Waals surface area contributed by atoms with E-state index in [1.165, 1.54) is 11.3 Å². The first kappa shape index (κ1) is 15.8. The number of nitrogens with one attached hydrogen (secondary N) is 1. The number of anilines is 1. The lowest BCUT2D eigenvalue weighted by molar-refractivity contribution is 0.0531. The largest absolute Gasteiger partial charge is 0.462 e. The Bertz CT molecular complexity index is 680. The predicted molar refractivity (Wildman–Crippen MR) is 88.9 cm³/mol. The van der Waals surface area contributed by atoms with Crippen LogP contribution < -0.4 is 10.2 Å². The number of esters is 1. The Labute approximate surface area is 138 Å². The lowest BCUT2D eigenvalue weighted by atomic mass is 10.3. The van der Waals surface area contributed by atoms with E-state index in [-0.39, 0.29) is 5.97 Å². The fourth-order valence-electron chi connectivity index (χ4n) is 2.37. The number of hydrogen-bond acceptors (Lipinski definition) is 8. The number of hydrogen-bond donors (Lipinski definition) is 1. The predicted octanol–water partition coefficient (Wildman–Crippen LogP) is 1.49. The minimum Gasteiger partial charge on any atom is -0.462 e. The van der Waals surface area contributed by atoms with Crippen LogP contribution in [0.5, 0.6) is 0 Å². The fourth-order valence-corrected chi connectivity index (χ4v) is 3.30. The number of piperazine rings is 1. The van der Waals surface area contributed by atoms with Crippen molar-refractivity contribution in [1.82, 2.24) is 20.3 Å². The molecule has 1 aliphatic rings. The molecule has 1 saturated heterocycles. The van der Waals surface area contributed by atoms with Crippen molar-refractivity contribution < 1.29 is 9.53 Å². The topological polar surface area (TPSA) is 80.2 Å². The number of thiazole rings is 1. The number of rotatable bonds is 4. The number of carbonyl (C=O) groups is 1. The lowest BCUT2D eigenvalue weighted by Crippen LogP contribution is -2.44. The van der Waals surface area contributed by atoms with Crippen LogP contribution in [0.2, 0.25) is 0 Å². The molecule has 2 aromatic rings. The molecule has 122 valence electrons. The third-order valence-electron chi connectivity index (χ3n) is 3.54. The van der Waals surface area contributed by atoms with Gasteiger partial charge in [0.2, 0.25) is 5.95 Å². The van der Waals surface area contributed by atoms with E-state index in [2.05, 4.69) is 25.2 Å². The molecule has 0 aliphatic carbocycles. The molecule has 3 heterocycles. The number of carbonyl (C=O) groups excluding carboxylic acids is 1. The first-order chi connectivity index (χ1) is 11.2. The summed E-state index contributed by atoms with van der Waals surface area (Å²) in [4.78, 5) is 27.9. The van der Waals surface area contributed by atoms with Crippen LogP contribution in [0.25, 0.3) is 10.6 Å². The van der Waals surface area contributed by atoms with Crippen LogP contribution in [0.15, 0.2) is 12.4 Å². The van der Waals surface area contributed by atoms with Gasteiger partial charge in [0.25, 0.3) is 0 Å². The summed E-state index contributed by atoms with van der Waals surface area (Å²) in [5.74, 6) is 0.404. The minimum atomic E-state index is -0.327. The average molecular weight is 333 g/mol. The van der Waals surface area contributed by atoms with E-state index in [1.807, 2.05) is 6.92 Å². The molecular formula is C15H19N5O2S. The van der Waals surface area contributed by atoms with Crippen LogP contribution in [0.3, 0.4) is 0 Å². The summed E-state index contributed by atoms with van der Waals surface area (Å²) < 4.78 is 5.04. The SMILES string of the molecule is CCOC(=O)c1sc(-c2cnc(N3CCNCC3)nc2)nc1C. The molecule has 1 N–H and O–H groups in total. The van der Waals surface area contributed by atoms with E-state index in [0.29, 0.717) is 17.2 Å². The standard InChI is InChI=1S/C15H19N5O2S/c1-3-22-14(21)12-10(2)19-13(23-12)11-8-17-15(18-9-11)20-6-4-16-5-7-20/h8-9,16H,3-7H2,1-2H3. The van der Waals surface area contributed by atoms with Gasteiger partial charge in [-0.15, -0.1) is 11.3 Å². The quantitative estimate of drug-likeness (QED) is 0.849. The minimum absolute atomic E-state index is 0.327. The van der Waals surface area contributed by atoms with Gasteiger partial charge in [-0.2, -0.15) is 0 Å². The molecular weight excluding hydrogens is 314 g/mol. The van der Waals surface area contributed by atoms with Gasteiger partial charge in [-0.3, -0.25) is 0 Å². The molecule has 0 unspecified atom stereocenters. The number of ether oxygens (including phenoxy) is 1. The second kappa shape index (κ2) is 7.01. The van der Waals surface area contributed by atoms with Crippen LogP contribution >= 0.6 is 11.3 Å². The Morgan fingerprint density at radius 2 is 2.04 bits per heavy atom. The average Bonchev–Trinajstić information content (AvgIpc) is 2.98. The lowest BCUT2D eigenvalue weighted by Gasteiger charge is -2.27. The van der Waals surface area contributed by atoms with Crippen molar-refractivity contribution in [3.05, 3.63) is 23.0 Å². The van der Waals surface area contributed by atoms with Crippen molar-refractivity contribution in [3.63, 3.8) is 0 Å². The maximum absolute atomic E-state index is 11.9. The summed E-state index contributed by atoms with van der Waals surface area (Å²) in [6.45, 7) is 7.65. The highest BCUT2D eigenvalue weighted by molar-refractivity contribution is 7.17. The number of aryl methyl sites for hydroxylation is 1. The molecule has 23 heavy (non-hydrogen) atoms. The van der Waals surface area contributed by atoms with E-state index < -0.39 is 0 Å². The third-order valence-corrected chi connectivity index (χ3v) is 4.73. The second-order valence-corrected chi connectivity index (χ2v) is 6.16. The van der Waals surface area contributed by atoms with Gasteiger partial charge >= 0.3 is 5.97 Å². The molecule has 0 saturated carbocycles. The van der Waals surface area contributed by atoms with E-state index >= 15 is 0 Å². The zero-order valence-corrected chi connectivity index (χ0v) is 14.0. The summed E-state index contributed by atoms with van der Waals surface area (Å²) >= 11 is 1.31. The summed E-state index contributed by atoms with van der Waals surface area (Å²) in [7, 11) is 0. The summed E-state index contributed by atoms with van der Waals surface area (Å²) in [6.07, 6.45) is 3.52. The summed E-state index contributed by atoms with van der Waals surface area (Å²) in [5, 5.41) is 4.04. The molecule has 0 spiro atoms. The van der Waals surface area contributed by atoms with Crippen molar-refractivity contribution in [2.45, 2.75) is 13.8 Å². The zero-order chi connectivity index (χ0) is 16.2. The van der Waals surface area contributed by atoms with Gasteiger partial charge in [-0.25, -0.2) is 19.7 Å². The van der Waals surface area contributed by atoms with Crippen LogP contribution in [-0.4, -0.2) is 53.7 Å². The molecule has 1 aliphatic heterocycles. The highest BCUT2D eigenvalue weighted by Gasteiger charge is 2.18. The van der Waals surface area contributed by atoms with Gasteiger partial charge in [0, 0.05) is 44.1 Å². The van der Waals surface area contributed by atoms with Crippen molar-refractivity contribution in [1.29, 1.82) is 0 Å². The molecule has 8 heteroatoms. The number of nitrogens with zero attached hydrogens (tertiary/aromatic N) is 4. The zero-order valence-electron chi connectivity index (χ0n) is 13.2. The third kappa shape index (κ3) is 3.48. The van der Waals surface area contributed by atoms with Gasteiger partial charge in [0.1, 0.15) is 9.88 Å². The Morgan fingerprint density at radius 3 is 2.70 bits per heavy atom. The van der Waals surface area contributed by atoms with Crippen LogP contribution in [-0.2, 0) is 4.74 Å². The van der Waals surface area contributed by atoms with E-state index in [1.54, 1.807) is 19.3 Å². The maximum Gasteiger partial charge on any atom is 0.350 e. The van der Waals surface area contributed by atoms with E-state index in [9.17, 15) is 4.79 Å². The molecule has 2 aromatic heterocycles. The summed E-state index contributed by atoms with van der Waals surface area (Å²) in [6, 6.07) is 0. The molecule has 1 fully saturated rings. The fraction of sp³-hybridized carbons (Fsp3) is 0.467. The Morgan fingerprint density at radius 1 is 1.35 bits per heavy atom. The van der Waals surface area contributed by atoms with Crippen molar-refractivity contribution in [2.75, 3.05) is 37.7 Å². The maximum atomic E-state index is 11.9. The van der Waals surface area contributed by atoms with Crippen molar-refractivity contribution in [3.8, 4) is 10.6 Å². The van der Waals surface area contributed by atoms with Crippen molar-refractivity contribution in [2.24, 2.45) is 0 Å². The molecule has 0 aromatic carbocycles. The molecule has 3 rings (SSSR count). The highest BCUT2D eigenvalue weighted by Crippen LogP contribution is 2.28. The van der Waals surface area contributed by atoms with Gasteiger partial charge < -0.3 is 15.0 Å². The highest BCUT2D eigenvalue weighted by atomic mass is 32.1. The van der Waals surface area contributed by atoms with Gasteiger partial charge in [0.15, 0.2) is 0 Å². The molecule has 7 nitrogen and oxygen atoms in total.